The lowest BCUT2D eigenvalue weighted by molar-refractivity contribution is -0.121. The minimum Gasteiger partial charge on any atom is -0.384 e. The molecule has 0 unspecified atom stereocenters. The Morgan fingerprint density at radius 2 is 2.20 bits per heavy atom. The largest absolute Gasteiger partial charge is 0.384 e. The van der Waals surface area contributed by atoms with Crippen molar-refractivity contribution in [2.45, 2.75) is 38.5 Å². The van der Waals surface area contributed by atoms with E-state index in [0.29, 0.717) is 12.8 Å². The fourth-order valence-corrected chi connectivity index (χ4v) is 2.88. The lowest BCUT2D eigenvalue weighted by Crippen LogP contribution is -2.38. The zero-order valence-corrected chi connectivity index (χ0v) is 12.1. The third kappa shape index (κ3) is 4.27. The summed E-state index contributed by atoms with van der Waals surface area (Å²) in [5, 5.41) is 3.05. The van der Waals surface area contributed by atoms with Crippen LogP contribution < -0.4 is 5.32 Å². The Morgan fingerprint density at radius 1 is 1.40 bits per heavy atom. The van der Waals surface area contributed by atoms with Crippen LogP contribution in [0.2, 0.25) is 0 Å². The van der Waals surface area contributed by atoms with Gasteiger partial charge in [-0.05, 0) is 19.3 Å². The topological polar surface area (TPSA) is 64.1 Å². The van der Waals surface area contributed by atoms with Crippen molar-refractivity contribution in [2.24, 2.45) is 5.41 Å². The lowest BCUT2D eigenvalue weighted by Gasteiger charge is -2.28. The van der Waals surface area contributed by atoms with Crippen LogP contribution in [-0.4, -0.2) is 36.1 Å². The average Bonchev–Trinajstić information content (AvgIpc) is 2.93. The third-order valence-electron chi connectivity index (χ3n) is 4.00. The number of nitrogens with zero attached hydrogens (tertiary/aromatic N) is 2. The molecule has 1 N–H and O–H groups in total. The Morgan fingerprint density at radius 3 is 2.85 bits per heavy atom. The van der Waals surface area contributed by atoms with Crippen LogP contribution in [0.25, 0.3) is 0 Å². The maximum absolute atomic E-state index is 11.9. The summed E-state index contributed by atoms with van der Waals surface area (Å²) in [7, 11) is 1.73. The number of nitrogens with one attached hydrogen (secondary N) is 1. The molecule has 0 radical (unpaired) electrons. The van der Waals surface area contributed by atoms with Crippen LogP contribution >= 0.6 is 0 Å². The van der Waals surface area contributed by atoms with Crippen LogP contribution in [-0.2, 0) is 16.0 Å². The molecule has 20 heavy (non-hydrogen) atoms. The van der Waals surface area contributed by atoms with Crippen LogP contribution in [0.3, 0.4) is 0 Å². The molecule has 2 rings (SSSR count). The van der Waals surface area contributed by atoms with Gasteiger partial charge in [-0.2, -0.15) is 0 Å². The molecule has 1 aromatic rings. The van der Waals surface area contributed by atoms with Gasteiger partial charge in [-0.15, -0.1) is 0 Å². The Balaban J connectivity index is 1.74. The van der Waals surface area contributed by atoms with Crippen LogP contribution in [0.15, 0.2) is 18.6 Å². The maximum atomic E-state index is 11.9. The number of carbonyl (C=O) groups excluding carboxylic acids is 1. The molecule has 1 aromatic heterocycles. The van der Waals surface area contributed by atoms with Gasteiger partial charge in [-0.3, -0.25) is 14.8 Å². The summed E-state index contributed by atoms with van der Waals surface area (Å²) in [6.45, 7) is 1.46. The first-order valence-electron chi connectivity index (χ1n) is 7.25. The number of hydrogen-bond acceptors (Lipinski definition) is 4. The van der Waals surface area contributed by atoms with Crippen LogP contribution in [0.4, 0.5) is 0 Å². The van der Waals surface area contributed by atoms with E-state index in [2.05, 4.69) is 15.3 Å². The molecule has 1 heterocycles. The molecule has 1 aliphatic carbocycles. The molecule has 5 nitrogen and oxygen atoms in total. The van der Waals surface area contributed by atoms with E-state index in [-0.39, 0.29) is 11.3 Å². The molecular formula is C15H23N3O2. The molecule has 1 saturated carbocycles. The SMILES string of the molecule is COCC1(CNC(=O)CCc2cnccn2)CCCC1. The van der Waals surface area contributed by atoms with Crippen molar-refractivity contribution >= 4 is 5.91 Å². The highest BCUT2D eigenvalue weighted by atomic mass is 16.5. The molecule has 0 saturated heterocycles. The van der Waals surface area contributed by atoms with Gasteiger partial charge in [0.05, 0.1) is 12.3 Å². The van der Waals surface area contributed by atoms with E-state index < -0.39 is 0 Å². The van der Waals surface area contributed by atoms with Gasteiger partial charge in [0.1, 0.15) is 0 Å². The van der Waals surface area contributed by atoms with Gasteiger partial charge >= 0.3 is 0 Å². The monoisotopic (exact) mass is 277 g/mol. The summed E-state index contributed by atoms with van der Waals surface area (Å²) in [5.41, 5.74) is 1.01. The van der Waals surface area contributed by atoms with Crippen molar-refractivity contribution in [3.8, 4) is 0 Å². The third-order valence-corrected chi connectivity index (χ3v) is 4.00. The van der Waals surface area contributed by atoms with Crippen LogP contribution in [0.1, 0.15) is 37.8 Å². The number of aryl methyl sites for hydroxylation is 1. The Labute approximate surface area is 120 Å². The fourth-order valence-electron chi connectivity index (χ4n) is 2.88. The van der Waals surface area contributed by atoms with E-state index in [0.717, 1.165) is 31.7 Å². The van der Waals surface area contributed by atoms with Gasteiger partial charge in [-0.1, -0.05) is 12.8 Å². The van der Waals surface area contributed by atoms with Gasteiger partial charge in [0.25, 0.3) is 0 Å². The van der Waals surface area contributed by atoms with Crippen molar-refractivity contribution in [1.82, 2.24) is 15.3 Å². The predicted octanol–water partition coefficient (Wildman–Crippen LogP) is 1.73. The summed E-state index contributed by atoms with van der Waals surface area (Å²) in [6.07, 6.45) is 10.8. The predicted molar refractivity (Wildman–Crippen MR) is 76.1 cm³/mol. The van der Waals surface area contributed by atoms with Crippen molar-refractivity contribution in [1.29, 1.82) is 0 Å². The first-order valence-corrected chi connectivity index (χ1v) is 7.25. The molecule has 0 bridgehead atoms. The molecule has 0 spiro atoms. The second kappa shape index (κ2) is 7.33. The summed E-state index contributed by atoms with van der Waals surface area (Å²) in [4.78, 5) is 20.1. The smallest absolute Gasteiger partial charge is 0.220 e. The quantitative estimate of drug-likeness (QED) is 0.824. The molecule has 0 atom stereocenters. The molecule has 0 aromatic carbocycles. The zero-order valence-electron chi connectivity index (χ0n) is 12.1. The highest BCUT2D eigenvalue weighted by Gasteiger charge is 2.34. The number of rotatable bonds is 7. The van der Waals surface area contributed by atoms with Crippen molar-refractivity contribution < 1.29 is 9.53 Å². The van der Waals surface area contributed by atoms with Gasteiger partial charge in [0.15, 0.2) is 0 Å². The van der Waals surface area contributed by atoms with E-state index in [1.807, 2.05) is 0 Å². The maximum Gasteiger partial charge on any atom is 0.220 e. The minimum absolute atomic E-state index is 0.0815. The Hall–Kier alpha value is -1.49. The van der Waals surface area contributed by atoms with Crippen LogP contribution in [0.5, 0.6) is 0 Å². The normalized spacial score (nSPS) is 17.1. The number of methoxy groups -OCH3 is 1. The first-order chi connectivity index (χ1) is 9.74. The van der Waals surface area contributed by atoms with Crippen LogP contribution in [0, 0.1) is 5.41 Å². The second-order valence-electron chi connectivity index (χ2n) is 5.61. The summed E-state index contributed by atoms with van der Waals surface area (Å²) in [5.74, 6) is 0.0815. The Bertz CT molecular complexity index is 416. The molecule has 0 aliphatic heterocycles. The summed E-state index contributed by atoms with van der Waals surface area (Å²) < 4.78 is 5.32. The van der Waals surface area contributed by atoms with E-state index in [4.69, 9.17) is 4.74 Å². The highest BCUT2D eigenvalue weighted by molar-refractivity contribution is 5.76. The van der Waals surface area contributed by atoms with Crippen molar-refractivity contribution in [2.75, 3.05) is 20.3 Å². The standard InChI is InChI=1S/C15H23N3O2/c1-20-12-15(6-2-3-7-15)11-18-14(19)5-4-13-10-16-8-9-17-13/h8-10H,2-7,11-12H2,1H3,(H,18,19). The van der Waals surface area contributed by atoms with E-state index in [1.54, 1.807) is 25.7 Å². The van der Waals surface area contributed by atoms with E-state index >= 15 is 0 Å². The Kier molecular flexibility index (Phi) is 5.47. The molecule has 1 amide bonds. The van der Waals surface area contributed by atoms with E-state index in [9.17, 15) is 4.79 Å². The number of amides is 1. The first kappa shape index (κ1) is 14.9. The summed E-state index contributed by atoms with van der Waals surface area (Å²) >= 11 is 0. The lowest BCUT2D eigenvalue weighted by atomic mass is 9.87. The average molecular weight is 277 g/mol. The fraction of sp³-hybridized carbons (Fsp3) is 0.667. The molecule has 1 aliphatic rings. The number of aromatic nitrogens is 2. The van der Waals surface area contributed by atoms with Gasteiger partial charge in [-0.25, -0.2) is 0 Å². The molecule has 1 fully saturated rings. The van der Waals surface area contributed by atoms with Crippen molar-refractivity contribution in [3.63, 3.8) is 0 Å². The number of ether oxygens (including phenoxy) is 1. The van der Waals surface area contributed by atoms with Crippen molar-refractivity contribution in [3.05, 3.63) is 24.3 Å². The number of hydrogen-bond donors (Lipinski definition) is 1. The second-order valence-corrected chi connectivity index (χ2v) is 5.61. The zero-order chi connectivity index (χ0) is 14.3. The van der Waals surface area contributed by atoms with Gasteiger partial charge < -0.3 is 10.1 Å². The van der Waals surface area contributed by atoms with E-state index in [1.165, 1.54) is 12.8 Å². The molecule has 5 heteroatoms. The summed E-state index contributed by atoms with van der Waals surface area (Å²) in [6, 6.07) is 0. The highest BCUT2D eigenvalue weighted by Crippen LogP contribution is 2.37. The van der Waals surface area contributed by atoms with Gasteiger partial charge in [0, 0.05) is 44.1 Å². The van der Waals surface area contributed by atoms with Gasteiger partial charge in [0.2, 0.25) is 5.91 Å². The molecular weight excluding hydrogens is 254 g/mol. The number of carbonyl (C=O) groups is 1. The minimum atomic E-state index is 0.0815. The molecule has 110 valence electrons.